The predicted octanol–water partition coefficient (Wildman–Crippen LogP) is 2.73. The molecule has 6 nitrogen and oxygen atoms in total. The summed E-state index contributed by atoms with van der Waals surface area (Å²) in [6.07, 6.45) is 3.42. The van der Waals surface area contributed by atoms with Gasteiger partial charge in [0.25, 0.3) is 0 Å². The van der Waals surface area contributed by atoms with Gasteiger partial charge in [-0.2, -0.15) is 0 Å². The molecule has 2 amide bonds. The third kappa shape index (κ3) is 5.58. The highest BCUT2D eigenvalue weighted by Gasteiger charge is 2.35. The van der Waals surface area contributed by atoms with E-state index in [2.05, 4.69) is 33.9 Å². The summed E-state index contributed by atoms with van der Waals surface area (Å²) in [6, 6.07) is 8.43. The Kier molecular flexibility index (Phi) is 7.30. The fourth-order valence-electron chi connectivity index (χ4n) is 4.58. The van der Waals surface area contributed by atoms with Gasteiger partial charge in [-0.15, -0.1) is 0 Å². The molecule has 0 bridgehead atoms. The van der Waals surface area contributed by atoms with Crippen molar-refractivity contribution in [2.45, 2.75) is 65.1 Å². The molecule has 160 valence electrons. The van der Waals surface area contributed by atoms with Crippen LogP contribution in [0.15, 0.2) is 24.3 Å². The van der Waals surface area contributed by atoms with E-state index in [1.807, 2.05) is 38.1 Å². The molecular weight excluding hydrogens is 364 g/mol. The van der Waals surface area contributed by atoms with Crippen LogP contribution in [0.1, 0.15) is 45.6 Å². The molecule has 1 aromatic rings. The Morgan fingerprint density at radius 3 is 2.21 bits per heavy atom. The van der Waals surface area contributed by atoms with Crippen molar-refractivity contribution in [1.82, 2.24) is 14.7 Å². The summed E-state index contributed by atoms with van der Waals surface area (Å²) in [6.45, 7) is 12.1. The molecule has 0 radical (unpaired) electrons. The molecule has 1 N–H and O–H groups in total. The molecule has 0 spiro atoms. The Balaban J connectivity index is 1.46. The molecule has 2 aliphatic heterocycles. The average Bonchev–Trinajstić information content (AvgIpc) is 2.69. The second-order valence-corrected chi connectivity index (χ2v) is 8.78. The lowest BCUT2D eigenvalue weighted by Crippen LogP contribution is -2.58. The quantitative estimate of drug-likeness (QED) is 0.826. The summed E-state index contributed by atoms with van der Waals surface area (Å²) in [7, 11) is 0. The molecule has 3 rings (SSSR count). The number of aryl methyl sites for hydroxylation is 1. The van der Waals surface area contributed by atoms with E-state index in [0.717, 1.165) is 44.7 Å². The van der Waals surface area contributed by atoms with Gasteiger partial charge in [0.15, 0.2) is 0 Å². The van der Waals surface area contributed by atoms with Gasteiger partial charge in [0.1, 0.15) is 0 Å². The summed E-state index contributed by atoms with van der Waals surface area (Å²) in [5.41, 5.74) is 2.01. The predicted molar refractivity (Wildman–Crippen MR) is 117 cm³/mol. The minimum atomic E-state index is -0.0958. The number of hydrogen-bond acceptors (Lipinski definition) is 4. The summed E-state index contributed by atoms with van der Waals surface area (Å²) >= 11 is 0. The van der Waals surface area contributed by atoms with Crippen LogP contribution >= 0.6 is 0 Å². The summed E-state index contributed by atoms with van der Waals surface area (Å²) < 4.78 is 0. The minimum absolute atomic E-state index is 0.0161. The Morgan fingerprint density at radius 2 is 1.62 bits per heavy atom. The number of nitrogens with one attached hydrogen (secondary N) is 1. The Morgan fingerprint density at radius 1 is 1.03 bits per heavy atom. The third-order valence-corrected chi connectivity index (χ3v) is 6.46. The molecule has 3 atom stereocenters. The number of carbonyl (C=O) groups is 2. The van der Waals surface area contributed by atoms with Crippen molar-refractivity contribution in [2.24, 2.45) is 0 Å². The second-order valence-electron chi connectivity index (χ2n) is 8.78. The summed E-state index contributed by atoms with van der Waals surface area (Å²) in [5, 5.41) is 2.97. The zero-order chi connectivity index (χ0) is 21.0. The van der Waals surface area contributed by atoms with Crippen LogP contribution in [0.2, 0.25) is 0 Å². The molecule has 2 fully saturated rings. The van der Waals surface area contributed by atoms with Crippen molar-refractivity contribution in [3.05, 3.63) is 29.8 Å². The Hall–Kier alpha value is -1.92. The molecule has 0 aliphatic carbocycles. The van der Waals surface area contributed by atoms with E-state index in [1.165, 1.54) is 12.0 Å². The molecule has 2 aliphatic rings. The van der Waals surface area contributed by atoms with Crippen LogP contribution in [-0.2, 0) is 9.59 Å². The lowest BCUT2D eigenvalue weighted by atomic mass is 9.96. The number of nitrogens with zero attached hydrogens (tertiary/aromatic N) is 3. The van der Waals surface area contributed by atoms with Crippen molar-refractivity contribution in [3.8, 4) is 0 Å². The number of carbonyl (C=O) groups excluding carboxylic acids is 2. The van der Waals surface area contributed by atoms with Gasteiger partial charge in [-0.3, -0.25) is 19.4 Å². The van der Waals surface area contributed by atoms with E-state index < -0.39 is 0 Å². The monoisotopic (exact) mass is 400 g/mol. The van der Waals surface area contributed by atoms with E-state index in [4.69, 9.17) is 0 Å². The third-order valence-electron chi connectivity index (χ3n) is 6.46. The minimum Gasteiger partial charge on any atom is -0.336 e. The highest BCUT2D eigenvalue weighted by molar-refractivity contribution is 5.92. The molecule has 2 saturated heterocycles. The maximum atomic E-state index is 13.1. The molecule has 0 unspecified atom stereocenters. The van der Waals surface area contributed by atoms with Crippen LogP contribution in [0.4, 0.5) is 5.69 Å². The molecule has 29 heavy (non-hydrogen) atoms. The largest absolute Gasteiger partial charge is 0.336 e. The number of hydrogen-bond donors (Lipinski definition) is 1. The summed E-state index contributed by atoms with van der Waals surface area (Å²) in [5.74, 6) is 0.276. The summed E-state index contributed by atoms with van der Waals surface area (Å²) in [4.78, 5) is 32.0. The van der Waals surface area contributed by atoms with E-state index >= 15 is 0 Å². The lowest BCUT2D eigenvalue weighted by molar-refractivity contribution is -0.143. The Labute approximate surface area is 175 Å². The first-order valence-electron chi connectivity index (χ1n) is 11.0. The van der Waals surface area contributed by atoms with Gasteiger partial charge < -0.3 is 10.2 Å². The molecular formula is C23H36N4O2. The fraction of sp³-hybridized carbons (Fsp3) is 0.652. The van der Waals surface area contributed by atoms with Gasteiger partial charge >= 0.3 is 0 Å². The van der Waals surface area contributed by atoms with E-state index in [1.54, 1.807) is 0 Å². The average molecular weight is 401 g/mol. The maximum absolute atomic E-state index is 13.1. The molecule has 6 heteroatoms. The molecule has 1 aromatic carbocycles. The van der Waals surface area contributed by atoms with Crippen LogP contribution in [0.5, 0.6) is 0 Å². The van der Waals surface area contributed by atoms with Gasteiger partial charge in [0, 0.05) is 44.0 Å². The maximum Gasteiger partial charge on any atom is 0.240 e. The van der Waals surface area contributed by atoms with Gasteiger partial charge in [-0.1, -0.05) is 17.7 Å². The van der Waals surface area contributed by atoms with Crippen LogP contribution < -0.4 is 5.32 Å². The number of rotatable bonds is 5. The van der Waals surface area contributed by atoms with Gasteiger partial charge in [-0.25, -0.2) is 0 Å². The van der Waals surface area contributed by atoms with Crippen molar-refractivity contribution < 1.29 is 9.59 Å². The van der Waals surface area contributed by atoms with Gasteiger partial charge in [0.2, 0.25) is 11.8 Å². The van der Waals surface area contributed by atoms with E-state index in [-0.39, 0.29) is 17.9 Å². The number of amides is 2. The normalized spacial score (nSPS) is 24.9. The zero-order valence-corrected chi connectivity index (χ0v) is 18.4. The smallest absolute Gasteiger partial charge is 0.240 e. The fourth-order valence-corrected chi connectivity index (χ4v) is 4.58. The second kappa shape index (κ2) is 9.72. The van der Waals surface area contributed by atoms with E-state index in [9.17, 15) is 9.59 Å². The molecule has 0 aromatic heterocycles. The Bertz CT molecular complexity index is 687. The number of benzene rings is 1. The topological polar surface area (TPSA) is 55.9 Å². The van der Waals surface area contributed by atoms with Gasteiger partial charge in [-0.05, 0) is 59.1 Å². The zero-order valence-electron chi connectivity index (χ0n) is 18.4. The lowest BCUT2D eigenvalue weighted by Gasteiger charge is -2.44. The van der Waals surface area contributed by atoms with Crippen LogP contribution in [0.25, 0.3) is 0 Å². The first-order valence-corrected chi connectivity index (χ1v) is 11.0. The number of likely N-dealkylation sites (tertiary alicyclic amines) is 1. The van der Waals surface area contributed by atoms with Gasteiger partial charge in [0.05, 0.1) is 12.6 Å². The van der Waals surface area contributed by atoms with Crippen molar-refractivity contribution in [2.75, 3.05) is 38.0 Å². The first-order chi connectivity index (χ1) is 13.8. The van der Waals surface area contributed by atoms with Crippen molar-refractivity contribution >= 4 is 17.5 Å². The SMILES string of the molecule is Cc1ccc(NC(=O)CN2CCN([C@H](C)C(=O)N3[C@@H](C)CCC[C@@H]3C)CC2)cc1. The number of anilines is 1. The van der Waals surface area contributed by atoms with Crippen molar-refractivity contribution in [3.63, 3.8) is 0 Å². The van der Waals surface area contributed by atoms with Crippen LogP contribution in [-0.4, -0.2) is 77.4 Å². The van der Waals surface area contributed by atoms with E-state index in [0.29, 0.717) is 18.6 Å². The standard InChI is InChI=1S/C23H36N4O2/c1-17-8-10-21(11-9-17)24-22(28)16-25-12-14-26(15-13-25)20(4)23(29)27-18(2)6-5-7-19(27)3/h8-11,18-20H,5-7,12-16H2,1-4H3,(H,24,28)/t18-,19-,20+/m0/s1. The van der Waals surface area contributed by atoms with Crippen LogP contribution in [0.3, 0.4) is 0 Å². The van der Waals surface area contributed by atoms with Crippen molar-refractivity contribution in [1.29, 1.82) is 0 Å². The molecule has 0 saturated carbocycles. The highest BCUT2D eigenvalue weighted by atomic mass is 16.2. The first kappa shape index (κ1) is 21.8. The van der Waals surface area contributed by atoms with Crippen LogP contribution in [0, 0.1) is 6.92 Å². The highest BCUT2D eigenvalue weighted by Crippen LogP contribution is 2.24. The number of piperazine rings is 1. The number of piperidine rings is 1. The molecule has 2 heterocycles.